The summed E-state index contributed by atoms with van der Waals surface area (Å²) in [5.74, 6) is 0.878. The summed E-state index contributed by atoms with van der Waals surface area (Å²) in [6.07, 6.45) is 4.88. The van der Waals surface area contributed by atoms with E-state index in [2.05, 4.69) is 21.1 Å². The molecule has 0 bridgehead atoms. The van der Waals surface area contributed by atoms with Crippen LogP contribution in [0.25, 0.3) is 0 Å². The quantitative estimate of drug-likeness (QED) is 0.828. The van der Waals surface area contributed by atoms with E-state index in [1.165, 1.54) is 37.3 Å². The fraction of sp³-hybridized carbons (Fsp3) is 0.800. The van der Waals surface area contributed by atoms with Crippen molar-refractivity contribution in [3.63, 3.8) is 0 Å². The molecule has 4 nitrogen and oxygen atoms in total. The van der Waals surface area contributed by atoms with Crippen molar-refractivity contribution in [1.29, 1.82) is 0 Å². The zero-order valence-corrected chi connectivity index (χ0v) is 15.6. The Kier molecular flexibility index (Phi) is 5.56. The third kappa shape index (κ3) is 3.73. The molecule has 22 heavy (non-hydrogen) atoms. The molecule has 3 rings (SSSR count). The average molecular weight is 362 g/mol. The fourth-order valence-electron chi connectivity index (χ4n) is 3.40. The highest BCUT2D eigenvalue weighted by atomic mass is 35.5. The molecular weight excluding hydrogens is 338 g/mol. The van der Waals surface area contributed by atoms with Crippen LogP contribution in [0.3, 0.4) is 0 Å². The van der Waals surface area contributed by atoms with E-state index in [4.69, 9.17) is 11.6 Å². The zero-order chi connectivity index (χ0) is 15.7. The van der Waals surface area contributed by atoms with Gasteiger partial charge in [-0.05, 0) is 51.6 Å². The van der Waals surface area contributed by atoms with Gasteiger partial charge in [-0.15, -0.1) is 0 Å². The molecule has 2 aliphatic rings. The lowest BCUT2D eigenvalue weighted by Gasteiger charge is -2.40. The molecule has 2 aliphatic heterocycles. The molecule has 0 N–H and O–H groups in total. The number of aryl methyl sites for hydroxylation is 1. The number of thiazole rings is 1. The fourth-order valence-corrected chi connectivity index (χ4v) is 6.33. The van der Waals surface area contributed by atoms with Crippen LogP contribution in [0.2, 0.25) is 4.47 Å². The molecule has 2 saturated heterocycles. The van der Waals surface area contributed by atoms with Gasteiger partial charge >= 0.3 is 0 Å². The van der Waals surface area contributed by atoms with Gasteiger partial charge in [-0.1, -0.05) is 29.9 Å². The highest BCUT2D eigenvalue weighted by Gasteiger charge is 2.30. The second-order valence-electron chi connectivity index (χ2n) is 6.47. The first kappa shape index (κ1) is 16.8. The summed E-state index contributed by atoms with van der Waals surface area (Å²) in [4.78, 5) is 6.83. The van der Waals surface area contributed by atoms with Crippen molar-refractivity contribution in [2.24, 2.45) is 5.92 Å². The molecule has 124 valence electrons. The van der Waals surface area contributed by atoms with Gasteiger partial charge in [0.05, 0.1) is 5.69 Å². The molecule has 0 aromatic carbocycles. The minimum absolute atomic E-state index is 0.484. The first-order chi connectivity index (χ1) is 10.5. The van der Waals surface area contributed by atoms with Crippen LogP contribution in [-0.4, -0.2) is 50.6 Å². The van der Waals surface area contributed by atoms with E-state index in [-0.39, 0.29) is 0 Å². The second-order valence-corrected chi connectivity index (χ2v) is 9.73. The van der Waals surface area contributed by atoms with Crippen LogP contribution in [0.5, 0.6) is 0 Å². The molecule has 3 heterocycles. The number of rotatable bonds is 3. The largest absolute Gasteiger partial charge is 0.300 e. The van der Waals surface area contributed by atoms with Crippen LogP contribution in [0.1, 0.15) is 38.3 Å². The Bertz CT molecular complexity index is 535. The van der Waals surface area contributed by atoms with Crippen LogP contribution < -0.4 is 0 Å². The minimum atomic E-state index is -1.10. The third-order valence-electron chi connectivity index (χ3n) is 4.88. The lowest BCUT2D eigenvalue weighted by Crippen LogP contribution is -2.47. The maximum atomic E-state index is 12.7. The Morgan fingerprint density at radius 1 is 1.18 bits per heavy atom. The van der Waals surface area contributed by atoms with Gasteiger partial charge in [0, 0.05) is 19.1 Å². The van der Waals surface area contributed by atoms with E-state index >= 15 is 0 Å². The van der Waals surface area contributed by atoms with Gasteiger partial charge in [0.15, 0.2) is 4.47 Å². The Labute approximate surface area is 144 Å². The van der Waals surface area contributed by atoms with Gasteiger partial charge in [0.2, 0.25) is 0 Å². The summed E-state index contributed by atoms with van der Waals surface area (Å²) in [5.41, 5.74) is 0.806. The summed E-state index contributed by atoms with van der Waals surface area (Å²) >= 11 is 7.28. The standard InChI is InChI=1S/C15H24ClN3OS2/c1-11-3-7-18(8-4-11)13-5-9-19(10-6-13)22(20)14-12(2)17-15(16)21-14/h11,13H,3-10H2,1-2H3. The number of nitrogens with zero attached hydrogens (tertiary/aromatic N) is 3. The molecule has 2 fully saturated rings. The summed E-state index contributed by atoms with van der Waals surface area (Å²) in [7, 11) is -1.10. The van der Waals surface area contributed by atoms with E-state index < -0.39 is 11.0 Å². The number of likely N-dealkylation sites (tertiary alicyclic amines) is 1. The van der Waals surface area contributed by atoms with Crippen molar-refractivity contribution in [3.05, 3.63) is 10.2 Å². The predicted molar refractivity (Wildman–Crippen MR) is 92.8 cm³/mol. The number of hydrogen-bond acceptors (Lipinski definition) is 4. The highest BCUT2D eigenvalue weighted by Crippen LogP contribution is 2.29. The lowest BCUT2D eigenvalue weighted by atomic mass is 9.95. The second kappa shape index (κ2) is 7.26. The number of halogens is 1. The number of aromatic nitrogens is 1. The van der Waals surface area contributed by atoms with E-state index in [0.717, 1.165) is 41.8 Å². The molecule has 1 atom stereocenters. The van der Waals surface area contributed by atoms with E-state index in [0.29, 0.717) is 10.5 Å². The molecule has 0 saturated carbocycles. The zero-order valence-electron chi connectivity index (χ0n) is 13.3. The molecule has 1 aromatic heterocycles. The first-order valence-electron chi connectivity index (χ1n) is 8.08. The molecule has 0 spiro atoms. The van der Waals surface area contributed by atoms with Crippen LogP contribution in [0.4, 0.5) is 0 Å². The molecule has 7 heteroatoms. The maximum absolute atomic E-state index is 12.7. The van der Waals surface area contributed by atoms with Crippen molar-refractivity contribution >= 4 is 33.9 Å². The van der Waals surface area contributed by atoms with Crippen LogP contribution in [0, 0.1) is 12.8 Å². The topological polar surface area (TPSA) is 36.4 Å². The first-order valence-corrected chi connectivity index (χ1v) is 10.4. The molecule has 0 amide bonds. The molecule has 1 aromatic rings. The van der Waals surface area contributed by atoms with E-state index in [1.54, 1.807) is 0 Å². The number of piperidine rings is 2. The van der Waals surface area contributed by atoms with Crippen molar-refractivity contribution in [2.75, 3.05) is 26.2 Å². The summed E-state index contributed by atoms with van der Waals surface area (Å²) in [5, 5.41) is 0. The summed E-state index contributed by atoms with van der Waals surface area (Å²) in [6, 6.07) is 0.673. The monoisotopic (exact) mass is 361 g/mol. The Hall–Kier alpha value is -0.0100. The number of hydrogen-bond donors (Lipinski definition) is 0. The van der Waals surface area contributed by atoms with Crippen molar-refractivity contribution < 1.29 is 4.21 Å². The average Bonchev–Trinajstić information content (AvgIpc) is 2.86. The summed E-state index contributed by atoms with van der Waals surface area (Å²) < 4.78 is 16.1. The van der Waals surface area contributed by atoms with Gasteiger partial charge in [-0.2, -0.15) is 0 Å². The molecule has 1 unspecified atom stereocenters. The third-order valence-corrected chi connectivity index (χ3v) is 8.06. The Morgan fingerprint density at radius 2 is 1.82 bits per heavy atom. The molecule has 0 aliphatic carbocycles. The van der Waals surface area contributed by atoms with Crippen molar-refractivity contribution in [2.45, 2.75) is 49.8 Å². The van der Waals surface area contributed by atoms with Gasteiger partial charge in [-0.3, -0.25) is 0 Å². The highest BCUT2D eigenvalue weighted by molar-refractivity contribution is 7.85. The summed E-state index contributed by atoms with van der Waals surface area (Å²) in [6.45, 7) is 8.51. The van der Waals surface area contributed by atoms with Gasteiger partial charge in [0.25, 0.3) is 0 Å². The van der Waals surface area contributed by atoms with Gasteiger partial charge < -0.3 is 4.90 Å². The van der Waals surface area contributed by atoms with Crippen LogP contribution in [-0.2, 0) is 11.0 Å². The van der Waals surface area contributed by atoms with E-state index in [9.17, 15) is 4.21 Å². The Morgan fingerprint density at radius 3 is 2.36 bits per heavy atom. The maximum Gasteiger partial charge on any atom is 0.185 e. The van der Waals surface area contributed by atoms with Gasteiger partial charge in [-0.25, -0.2) is 13.5 Å². The van der Waals surface area contributed by atoms with Crippen molar-refractivity contribution in [1.82, 2.24) is 14.2 Å². The minimum Gasteiger partial charge on any atom is -0.300 e. The van der Waals surface area contributed by atoms with Crippen LogP contribution in [0.15, 0.2) is 4.21 Å². The molecular formula is C15H24ClN3OS2. The Balaban J connectivity index is 1.55. The predicted octanol–water partition coefficient (Wildman–Crippen LogP) is 3.32. The SMILES string of the molecule is Cc1nc(Cl)sc1S(=O)N1CCC(N2CCC(C)CC2)CC1. The van der Waals surface area contributed by atoms with Crippen molar-refractivity contribution in [3.8, 4) is 0 Å². The lowest BCUT2D eigenvalue weighted by molar-refractivity contribution is 0.102. The smallest absolute Gasteiger partial charge is 0.185 e. The van der Waals surface area contributed by atoms with E-state index in [1.807, 2.05) is 6.92 Å². The van der Waals surface area contributed by atoms with Gasteiger partial charge in [0.1, 0.15) is 15.2 Å². The van der Waals surface area contributed by atoms with Crippen LogP contribution >= 0.6 is 22.9 Å². The molecule has 0 radical (unpaired) electrons. The normalized spacial score (nSPS) is 24.7.